The van der Waals surface area contributed by atoms with Gasteiger partial charge in [-0.05, 0) is 45.0 Å². The number of alkyl halides is 3. The second-order valence-corrected chi connectivity index (χ2v) is 5.15. The summed E-state index contributed by atoms with van der Waals surface area (Å²) in [6.45, 7) is 5.86. The molecular weight excluding hydrogens is 279 g/mol. The fourth-order valence-electron chi connectivity index (χ4n) is 2.49. The van der Waals surface area contributed by atoms with Crippen LogP contribution in [0.2, 0.25) is 0 Å². The number of benzene rings is 1. The third kappa shape index (κ3) is 3.20. The van der Waals surface area contributed by atoms with E-state index in [0.29, 0.717) is 5.69 Å². The topological polar surface area (TPSA) is 29.9 Å². The molecule has 0 radical (unpaired) electrons. The lowest BCUT2D eigenvalue weighted by molar-refractivity contribution is -0.137. The maximum atomic E-state index is 12.5. The molecule has 0 saturated carbocycles. The molecule has 2 aromatic rings. The molecule has 0 aliphatic carbocycles. The van der Waals surface area contributed by atoms with Crippen molar-refractivity contribution in [3.63, 3.8) is 0 Å². The summed E-state index contributed by atoms with van der Waals surface area (Å²) in [7, 11) is 1.87. The van der Waals surface area contributed by atoms with E-state index in [1.54, 1.807) is 4.68 Å². The number of aromatic nitrogens is 2. The van der Waals surface area contributed by atoms with Gasteiger partial charge in [0.25, 0.3) is 0 Å². The molecule has 0 amide bonds. The highest BCUT2D eigenvalue weighted by Gasteiger charge is 2.30. The molecule has 21 heavy (non-hydrogen) atoms. The molecule has 0 bridgehead atoms. The van der Waals surface area contributed by atoms with Crippen LogP contribution in [0.1, 0.15) is 35.5 Å². The molecular formula is C15H18F3N3. The first-order chi connectivity index (χ1) is 9.70. The number of hydrogen-bond donors (Lipinski definition) is 1. The molecule has 1 aromatic heterocycles. The molecule has 114 valence electrons. The molecule has 1 atom stereocenters. The van der Waals surface area contributed by atoms with Crippen molar-refractivity contribution in [1.82, 2.24) is 9.78 Å². The van der Waals surface area contributed by atoms with E-state index in [1.807, 2.05) is 27.8 Å². The smallest absolute Gasteiger partial charge is 0.378 e. The van der Waals surface area contributed by atoms with Gasteiger partial charge in [-0.3, -0.25) is 4.68 Å². The molecule has 1 aromatic carbocycles. The lowest BCUT2D eigenvalue weighted by atomic mass is 10.1. The highest BCUT2D eigenvalue weighted by Crippen LogP contribution is 2.31. The molecule has 0 aliphatic rings. The number of anilines is 1. The highest BCUT2D eigenvalue weighted by molar-refractivity contribution is 5.48. The van der Waals surface area contributed by atoms with Crippen molar-refractivity contribution < 1.29 is 13.2 Å². The Morgan fingerprint density at radius 2 is 1.71 bits per heavy atom. The van der Waals surface area contributed by atoms with Crippen molar-refractivity contribution in [3.05, 3.63) is 46.8 Å². The largest absolute Gasteiger partial charge is 0.416 e. The van der Waals surface area contributed by atoms with Gasteiger partial charge >= 0.3 is 6.18 Å². The first-order valence-corrected chi connectivity index (χ1v) is 6.64. The van der Waals surface area contributed by atoms with E-state index in [2.05, 4.69) is 10.4 Å². The lowest BCUT2D eigenvalue weighted by Crippen LogP contribution is -2.10. The average molecular weight is 297 g/mol. The lowest BCUT2D eigenvalue weighted by Gasteiger charge is -2.17. The summed E-state index contributed by atoms with van der Waals surface area (Å²) >= 11 is 0. The zero-order valence-corrected chi connectivity index (χ0v) is 12.4. The summed E-state index contributed by atoms with van der Waals surface area (Å²) in [5.74, 6) is 0. The van der Waals surface area contributed by atoms with Gasteiger partial charge in [0.05, 0.1) is 17.3 Å². The van der Waals surface area contributed by atoms with Crippen LogP contribution in [0.4, 0.5) is 18.9 Å². The van der Waals surface area contributed by atoms with Gasteiger partial charge in [-0.1, -0.05) is 0 Å². The second kappa shape index (κ2) is 5.42. The Morgan fingerprint density at radius 3 is 2.14 bits per heavy atom. The fraction of sp³-hybridized carbons (Fsp3) is 0.400. The van der Waals surface area contributed by atoms with Gasteiger partial charge in [0.1, 0.15) is 0 Å². The quantitative estimate of drug-likeness (QED) is 0.919. The minimum Gasteiger partial charge on any atom is -0.378 e. The van der Waals surface area contributed by atoms with Crippen molar-refractivity contribution in [3.8, 4) is 0 Å². The van der Waals surface area contributed by atoms with Crippen LogP contribution in [0.3, 0.4) is 0 Å². The number of aryl methyl sites for hydroxylation is 2. The Balaban J connectivity index is 2.18. The van der Waals surface area contributed by atoms with Gasteiger partial charge in [0.2, 0.25) is 0 Å². The van der Waals surface area contributed by atoms with E-state index < -0.39 is 11.7 Å². The van der Waals surface area contributed by atoms with Crippen molar-refractivity contribution in [2.45, 2.75) is 33.0 Å². The van der Waals surface area contributed by atoms with E-state index in [-0.39, 0.29) is 6.04 Å². The highest BCUT2D eigenvalue weighted by atomic mass is 19.4. The standard InChI is InChI=1S/C15H18F3N3/c1-9(14-10(2)20-21(4)11(14)3)19-13-7-5-12(6-8-13)15(16,17)18/h5-9,19H,1-4H3. The second-order valence-electron chi connectivity index (χ2n) is 5.15. The summed E-state index contributed by atoms with van der Waals surface area (Å²) in [6.07, 6.45) is -4.30. The number of hydrogen-bond acceptors (Lipinski definition) is 2. The Morgan fingerprint density at radius 1 is 1.14 bits per heavy atom. The Bertz CT molecular complexity index is 627. The van der Waals surface area contributed by atoms with Crippen LogP contribution in [0.15, 0.2) is 24.3 Å². The molecule has 0 fully saturated rings. The summed E-state index contributed by atoms with van der Waals surface area (Å²) in [4.78, 5) is 0. The molecule has 1 N–H and O–H groups in total. The molecule has 0 saturated heterocycles. The predicted octanol–water partition coefficient (Wildman–Crippen LogP) is 4.23. The van der Waals surface area contributed by atoms with E-state index in [1.165, 1.54) is 12.1 Å². The van der Waals surface area contributed by atoms with Crippen LogP contribution in [0.5, 0.6) is 0 Å². The van der Waals surface area contributed by atoms with Crippen molar-refractivity contribution in [2.24, 2.45) is 7.05 Å². The van der Waals surface area contributed by atoms with Gasteiger partial charge < -0.3 is 5.32 Å². The van der Waals surface area contributed by atoms with Crippen LogP contribution < -0.4 is 5.32 Å². The Hall–Kier alpha value is -1.98. The number of nitrogens with zero attached hydrogens (tertiary/aromatic N) is 2. The van der Waals surface area contributed by atoms with Gasteiger partial charge in [-0.25, -0.2) is 0 Å². The summed E-state index contributed by atoms with van der Waals surface area (Å²) in [5, 5.41) is 7.56. The minimum absolute atomic E-state index is 0.0320. The van der Waals surface area contributed by atoms with E-state index >= 15 is 0 Å². The van der Waals surface area contributed by atoms with Gasteiger partial charge in [-0.15, -0.1) is 0 Å². The van der Waals surface area contributed by atoms with Crippen LogP contribution in [0, 0.1) is 13.8 Å². The first kappa shape index (κ1) is 15.4. The van der Waals surface area contributed by atoms with Gasteiger partial charge in [-0.2, -0.15) is 18.3 Å². The van der Waals surface area contributed by atoms with E-state index in [4.69, 9.17) is 0 Å². The molecule has 2 rings (SSSR count). The van der Waals surface area contributed by atoms with Crippen LogP contribution in [0.25, 0.3) is 0 Å². The summed E-state index contributed by atoms with van der Waals surface area (Å²) in [6, 6.07) is 5.02. The maximum Gasteiger partial charge on any atom is 0.416 e. The molecule has 1 heterocycles. The molecule has 6 heteroatoms. The minimum atomic E-state index is -4.30. The molecule has 0 spiro atoms. The molecule has 1 unspecified atom stereocenters. The number of nitrogens with one attached hydrogen (secondary N) is 1. The summed E-state index contributed by atoms with van der Waals surface area (Å²) in [5.41, 5.74) is 3.03. The zero-order valence-electron chi connectivity index (χ0n) is 12.4. The Kier molecular flexibility index (Phi) is 3.98. The third-order valence-corrected chi connectivity index (χ3v) is 3.59. The third-order valence-electron chi connectivity index (χ3n) is 3.59. The fourth-order valence-corrected chi connectivity index (χ4v) is 2.49. The van der Waals surface area contributed by atoms with E-state index in [0.717, 1.165) is 29.1 Å². The maximum absolute atomic E-state index is 12.5. The van der Waals surface area contributed by atoms with Gasteiger partial charge in [0.15, 0.2) is 0 Å². The van der Waals surface area contributed by atoms with Crippen molar-refractivity contribution in [2.75, 3.05) is 5.32 Å². The average Bonchev–Trinajstić information content (AvgIpc) is 2.62. The van der Waals surface area contributed by atoms with E-state index in [9.17, 15) is 13.2 Å². The van der Waals surface area contributed by atoms with Crippen LogP contribution in [-0.2, 0) is 13.2 Å². The SMILES string of the molecule is Cc1nn(C)c(C)c1C(C)Nc1ccc(C(F)(F)F)cc1. The monoisotopic (exact) mass is 297 g/mol. The van der Waals surface area contributed by atoms with Gasteiger partial charge in [0, 0.05) is 24.0 Å². The first-order valence-electron chi connectivity index (χ1n) is 6.64. The predicted molar refractivity (Wildman–Crippen MR) is 76.2 cm³/mol. The summed E-state index contributed by atoms with van der Waals surface area (Å²) < 4.78 is 39.4. The molecule has 3 nitrogen and oxygen atoms in total. The van der Waals surface area contributed by atoms with Crippen LogP contribution in [-0.4, -0.2) is 9.78 Å². The normalized spacial score (nSPS) is 13.3. The number of rotatable bonds is 3. The Labute approximate surface area is 121 Å². The van der Waals surface area contributed by atoms with Crippen molar-refractivity contribution >= 4 is 5.69 Å². The van der Waals surface area contributed by atoms with Crippen molar-refractivity contribution in [1.29, 1.82) is 0 Å². The zero-order chi connectivity index (χ0) is 15.8. The molecule has 0 aliphatic heterocycles. The van der Waals surface area contributed by atoms with Crippen LogP contribution >= 0.6 is 0 Å². The number of halogens is 3.